The largest absolute Gasteiger partial charge is 0.314 e. The average Bonchev–Trinajstić information content (AvgIpc) is 2.98. The Kier molecular flexibility index (Phi) is 6.19. The molecule has 1 heterocycles. The first kappa shape index (κ1) is 14.5. The third-order valence-corrected chi connectivity index (χ3v) is 5.68. The van der Waals surface area contributed by atoms with Crippen molar-refractivity contribution < 1.29 is 0 Å². The first-order chi connectivity index (χ1) is 8.78. The second-order valence-corrected chi connectivity index (χ2v) is 7.33. The van der Waals surface area contributed by atoms with Crippen LogP contribution in [0, 0.1) is 5.92 Å². The molecule has 1 atom stereocenters. The van der Waals surface area contributed by atoms with Crippen LogP contribution < -0.4 is 5.32 Å². The lowest BCUT2D eigenvalue weighted by Gasteiger charge is -2.19. The van der Waals surface area contributed by atoms with E-state index >= 15 is 0 Å². The summed E-state index contributed by atoms with van der Waals surface area (Å²) in [6.45, 7) is 3.30. The molecule has 0 saturated heterocycles. The number of rotatable bonds is 7. The van der Waals surface area contributed by atoms with Gasteiger partial charge in [0.1, 0.15) is 0 Å². The zero-order valence-corrected chi connectivity index (χ0v) is 13.7. The molecule has 0 aliphatic heterocycles. The standard InChI is InChI=1S/C15H24BrNS/c1-2-17-14(8-7-12-5-3-4-6-12)10-15-9-13(16)11-18-15/h9,11-12,14,17H,2-8,10H2,1H3. The highest BCUT2D eigenvalue weighted by Gasteiger charge is 2.17. The van der Waals surface area contributed by atoms with Crippen LogP contribution in [0.5, 0.6) is 0 Å². The lowest BCUT2D eigenvalue weighted by molar-refractivity contribution is 0.408. The fraction of sp³-hybridized carbons (Fsp3) is 0.733. The summed E-state index contributed by atoms with van der Waals surface area (Å²) in [7, 11) is 0. The second-order valence-electron chi connectivity index (χ2n) is 5.42. The third-order valence-electron chi connectivity index (χ3n) is 3.96. The molecule has 0 radical (unpaired) electrons. The van der Waals surface area contributed by atoms with Gasteiger partial charge in [-0.1, -0.05) is 32.6 Å². The van der Waals surface area contributed by atoms with E-state index in [1.807, 2.05) is 11.3 Å². The Hall–Kier alpha value is 0.140. The maximum Gasteiger partial charge on any atom is 0.0285 e. The minimum atomic E-state index is 0.668. The van der Waals surface area contributed by atoms with Crippen LogP contribution >= 0.6 is 27.3 Å². The van der Waals surface area contributed by atoms with Gasteiger partial charge in [0, 0.05) is 20.8 Å². The van der Waals surface area contributed by atoms with Crippen LogP contribution in [0.3, 0.4) is 0 Å². The van der Waals surface area contributed by atoms with Crippen molar-refractivity contribution in [2.45, 2.75) is 57.9 Å². The van der Waals surface area contributed by atoms with Gasteiger partial charge in [-0.15, -0.1) is 11.3 Å². The Morgan fingerprint density at radius 1 is 1.44 bits per heavy atom. The van der Waals surface area contributed by atoms with Crippen LogP contribution in [-0.4, -0.2) is 12.6 Å². The molecule has 2 rings (SSSR count). The maximum absolute atomic E-state index is 3.66. The van der Waals surface area contributed by atoms with Crippen molar-refractivity contribution in [3.05, 3.63) is 20.8 Å². The van der Waals surface area contributed by atoms with Gasteiger partial charge in [-0.05, 0) is 53.7 Å². The van der Waals surface area contributed by atoms with E-state index in [0.717, 1.165) is 12.5 Å². The van der Waals surface area contributed by atoms with Crippen molar-refractivity contribution in [2.24, 2.45) is 5.92 Å². The maximum atomic E-state index is 3.66. The zero-order chi connectivity index (χ0) is 12.8. The number of halogens is 1. The van der Waals surface area contributed by atoms with Gasteiger partial charge >= 0.3 is 0 Å². The molecule has 0 bridgehead atoms. The molecule has 1 unspecified atom stereocenters. The summed E-state index contributed by atoms with van der Waals surface area (Å²) in [6, 6.07) is 2.94. The van der Waals surface area contributed by atoms with Crippen LogP contribution in [0.2, 0.25) is 0 Å². The van der Waals surface area contributed by atoms with E-state index in [1.54, 1.807) is 0 Å². The van der Waals surface area contributed by atoms with Gasteiger partial charge in [0.15, 0.2) is 0 Å². The van der Waals surface area contributed by atoms with Gasteiger partial charge < -0.3 is 5.32 Å². The fourth-order valence-corrected chi connectivity index (χ4v) is 4.54. The van der Waals surface area contributed by atoms with Crippen LogP contribution in [0.1, 0.15) is 50.3 Å². The van der Waals surface area contributed by atoms with Crippen LogP contribution in [0.4, 0.5) is 0 Å². The van der Waals surface area contributed by atoms with Crippen LogP contribution in [-0.2, 0) is 6.42 Å². The molecule has 1 aliphatic rings. The van der Waals surface area contributed by atoms with Crippen molar-refractivity contribution in [1.29, 1.82) is 0 Å². The lowest BCUT2D eigenvalue weighted by atomic mass is 9.97. The predicted octanol–water partition coefficient (Wildman–Crippen LogP) is 5.00. The van der Waals surface area contributed by atoms with Crippen molar-refractivity contribution in [1.82, 2.24) is 5.32 Å². The SMILES string of the molecule is CCNC(CCC1CCCC1)Cc1cc(Br)cs1. The minimum Gasteiger partial charge on any atom is -0.314 e. The van der Waals surface area contributed by atoms with Gasteiger partial charge in [0.2, 0.25) is 0 Å². The van der Waals surface area contributed by atoms with Gasteiger partial charge in [-0.25, -0.2) is 0 Å². The van der Waals surface area contributed by atoms with Crippen LogP contribution in [0.25, 0.3) is 0 Å². The fourth-order valence-electron chi connectivity index (χ4n) is 3.00. The van der Waals surface area contributed by atoms with E-state index in [-0.39, 0.29) is 0 Å². The molecular formula is C15H24BrNS. The Morgan fingerprint density at radius 3 is 2.83 bits per heavy atom. The molecular weight excluding hydrogens is 306 g/mol. The summed E-state index contributed by atoms with van der Waals surface area (Å²) in [5.41, 5.74) is 0. The summed E-state index contributed by atoms with van der Waals surface area (Å²) in [5, 5.41) is 5.85. The molecule has 0 amide bonds. The highest BCUT2D eigenvalue weighted by Crippen LogP contribution is 2.29. The zero-order valence-electron chi connectivity index (χ0n) is 11.3. The molecule has 102 valence electrons. The molecule has 3 heteroatoms. The number of likely N-dealkylation sites (N-methyl/N-ethyl adjacent to an activating group) is 1. The Labute approximate surface area is 123 Å². The second kappa shape index (κ2) is 7.66. The van der Waals surface area contributed by atoms with Gasteiger partial charge in [-0.2, -0.15) is 0 Å². The summed E-state index contributed by atoms with van der Waals surface area (Å²) in [5.74, 6) is 1.02. The lowest BCUT2D eigenvalue weighted by Crippen LogP contribution is -2.31. The third kappa shape index (κ3) is 4.67. The quantitative estimate of drug-likeness (QED) is 0.742. The molecule has 0 aromatic carbocycles. The number of thiophene rings is 1. The van der Waals surface area contributed by atoms with Gasteiger partial charge in [-0.3, -0.25) is 0 Å². The molecule has 1 aromatic heterocycles. The normalized spacial score (nSPS) is 18.3. The Balaban J connectivity index is 1.79. The summed E-state index contributed by atoms with van der Waals surface area (Å²) in [6.07, 6.45) is 9.84. The smallest absolute Gasteiger partial charge is 0.0285 e. The van der Waals surface area contributed by atoms with Crippen molar-refractivity contribution in [2.75, 3.05) is 6.54 Å². The van der Waals surface area contributed by atoms with Crippen LogP contribution in [0.15, 0.2) is 15.9 Å². The predicted molar refractivity (Wildman–Crippen MR) is 84.4 cm³/mol. The molecule has 1 fully saturated rings. The average molecular weight is 330 g/mol. The van der Waals surface area contributed by atoms with Crippen molar-refractivity contribution in [3.63, 3.8) is 0 Å². The van der Waals surface area contributed by atoms with Crippen molar-refractivity contribution in [3.8, 4) is 0 Å². The van der Waals surface area contributed by atoms with E-state index in [0.29, 0.717) is 6.04 Å². The first-order valence-electron chi connectivity index (χ1n) is 7.24. The number of hydrogen-bond donors (Lipinski definition) is 1. The molecule has 1 saturated carbocycles. The van der Waals surface area contributed by atoms with Gasteiger partial charge in [0.25, 0.3) is 0 Å². The molecule has 18 heavy (non-hydrogen) atoms. The van der Waals surface area contributed by atoms with Gasteiger partial charge in [0.05, 0.1) is 0 Å². The monoisotopic (exact) mass is 329 g/mol. The van der Waals surface area contributed by atoms with E-state index in [1.165, 1.54) is 54.3 Å². The molecule has 1 nitrogen and oxygen atoms in total. The highest BCUT2D eigenvalue weighted by molar-refractivity contribution is 9.10. The molecule has 0 spiro atoms. The first-order valence-corrected chi connectivity index (χ1v) is 8.91. The number of hydrogen-bond acceptors (Lipinski definition) is 2. The summed E-state index contributed by atoms with van der Waals surface area (Å²) < 4.78 is 1.23. The topological polar surface area (TPSA) is 12.0 Å². The molecule has 1 aromatic rings. The Bertz CT molecular complexity index is 344. The number of nitrogens with one attached hydrogen (secondary N) is 1. The van der Waals surface area contributed by atoms with E-state index in [9.17, 15) is 0 Å². The van der Waals surface area contributed by atoms with E-state index in [2.05, 4.69) is 39.6 Å². The summed E-state index contributed by atoms with van der Waals surface area (Å²) >= 11 is 5.42. The molecule has 1 N–H and O–H groups in total. The highest BCUT2D eigenvalue weighted by atomic mass is 79.9. The van der Waals surface area contributed by atoms with E-state index in [4.69, 9.17) is 0 Å². The minimum absolute atomic E-state index is 0.668. The van der Waals surface area contributed by atoms with E-state index < -0.39 is 0 Å². The molecule has 1 aliphatic carbocycles. The van der Waals surface area contributed by atoms with Crippen molar-refractivity contribution >= 4 is 27.3 Å². The Morgan fingerprint density at radius 2 is 2.22 bits per heavy atom. The summed E-state index contributed by atoms with van der Waals surface area (Å²) in [4.78, 5) is 1.50.